The minimum atomic E-state index is -0.245. The van der Waals surface area contributed by atoms with E-state index in [9.17, 15) is 10.1 Å². The number of nitrogens with zero attached hydrogens (tertiary/aromatic N) is 2. The molecule has 0 aromatic heterocycles. The molecule has 5 aliphatic rings. The van der Waals surface area contributed by atoms with Gasteiger partial charge in [0.2, 0.25) is 5.91 Å². The molecule has 5 fully saturated rings. The van der Waals surface area contributed by atoms with E-state index in [0.717, 1.165) is 24.7 Å². The minimum absolute atomic E-state index is 0.00322. The summed E-state index contributed by atoms with van der Waals surface area (Å²) in [6.07, 6.45) is 7.89. The van der Waals surface area contributed by atoms with Crippen LogP contribution in [0.3, 0.4) is 0 Å². The average Bonchev–Trinajstić information content (AvgIpc) is 2.87. The number of ether oxygens (including phenoxy) is 1. The molecule has 4 aliphatic carbocycles. The number of carbonyl (C=O) groups excluding carboxylic acids is 1. The number of carbonyl (C=O) groups is 1. The Morgan fingerprint density at radius 2 is 1.84 bits per heavy atom. The Morgan fingerprint density at radius 1 is 1.20 bits per heavy atom. The Morgan fingerprint density at radius 3 is 2.40 bits per heavy atom. The summed E-state index contributed by atoms with van der Waals surface area (Å²) >= 11 is 0. The van der Waals surface area contributed by atoms with Gasteiger partial charge in [0.15, 0.2) is 0 Å². The van der Waals surface area contributed by atoms with Gasteiger partial charge >= 0.3 is 0 Å². The van der Waals surface area contributed by atoms with Crippen molar-refractivity contribution in [1.82, 2.24) is 4.90 Å². The van der Waals surface area contributed by atoms with E-state index in [1.165, 1.54) is 32.1 Å². The number of methoxy groups -OCH3 is 1. The van der Waals surface area contributed by atoms with Crippen molar-refractivity contribution in [2.45, 2.75) is 83.4 Å². The van der Waals surface area contributed by atoms with E-state index >= 15 is 0 Å². The molecular weight excluding hydrogens is 312 g/mol. The average molecular weight is 344 g/mol. The van der Waals surface area contributed by atoms with Crippen LogP contribution >= 0.6 is 0 Å². The zero-order chi connectivity index (χ0) is 18.0. The molecule has 4 saturated carbocycles. The van der Waals surface area contributed by atoms with Crippen molar-refractivity contribution in [1.29, 1.82) is 5.26 Å². The molecule has 0 spiro atoms. The van der Waals surface area contributed by atoms with Crippen molar-refractivity contribution in [2.75, 3.05) is 7.11 Å². The smallest absolute Gasteiger partial charge is 0.227 e. The number of nitriles is 1. The van der Waals surface area contributed by atoms with Gasteiger partial charge in [0.25, 0.3) is 0 Å². The zero-order valence-corrected chi connectivity index (χ0v) is 16.1. The molecule has 4 heteroatoms. The van der Waals surface area contributed by atoms with Gasteiger partial charge in [0.1, 0.15) is 6.04 Å². The maximum absolute atomic E-state index is 13.5. The lowest BCUT2D eigenvalue weighted by atomic mass is 9.45. The van der Waals surface area contributed by atoms with E-state index in [-0.39, 0.29) is 34.9 Å². The normalized spacial score (nSPS) is 49.2. The first-order valence-corrected chi connectivity index (χ1v) is 10.1. The van der Waals surface area contributed by atoms with Gasteiger partial charge in [0, 0.05) is 19.1 Å². The summed E-state index contributed by atoms with van der Waals surface area (Å²) < 4.78 is 6.03. The van der Waals surface area contributed by atoms with Crippen molar-refractivity contribution in [2.24, 2.45) is 29.1 Å². The van der Waals surface area contributed by atoms with Crippen molar-refractivity contribution in [3.05, 3.63) is 0 Å². The van der Waals surface area contributed by atoms with Crippen LogP contribution in [0.2, 0.25) is 0 Å². The fourth-order valence-electron chi connectivity index (χ4n) is 7.17. The summed E-state index contributed by atoms with van der Waals surface area (Å²) in [4.78, 5) is 15.4. The van der Waals surface area contributed by atoms with Crippen LogP contribution < -0.4 is 0 Å². The number of hydrogen-bond donors (Lipinski definition) is 0. The molecule has 1 aliphatic heterocycles. The second-order valence-electron chi connectivity index (χ2n) is 9.78. The summed E-state index contributed by atoms with van der Waals surface area (Å²) in [5.41, 5.74) is 0.0971. The first-order chi connectivity index (χ1) is 11.8. The van der Waals surface area contributed by atoms with E-state index in [4.69, 9.17) is 4.74 Å². The quantitative estimate of drug-likeness (QED) is 0.783. The highest BCUT2D eigenvalue weighted by Crippen LogP contribution is 2.65. The molecule has 0 aromatic carbocycles. The lowest BCUT2D eigenvalue weighted by Gasteiger charge is -2.63. The Bertz CT molecular complexity index is 596. The second-order valence-corrected chi connectivity index (χ2v) is 9.78. The highest BCUT2D eigenvalue weighted by Gasteiger charge is 2.61. The number of likely N-dealkylation sites (tertiary alicyclic amines) is 1. The first kappa shape index (κ1) is 17.3. The summed E-state index contributed by atoms with van der Waals surface area (Å²) in [6.45, 7) is 6.42. The van der Waals surface area contributed by atoms with Crippen molar-refractivity contribution >= 4 is 5.91 Å². The topological polar surface area (TPSA) is 53.3 Å². The van der Waals surface area contributed by atoms with Crippen LogP contribution in [0, 0.1) is 40.4 Å². The van der Waals surface area contributed by atoms with Crippen LogP contribution in [0.4, 0.5) is 0 Å². The SMILES string of the molecule is COC12CC3CC(C1)CC([C@H](C)C(=O)N1C(C)[C@@H](C)C[C@H]1C#N)(C3)C2. The molecule has 6 atom stereocenters. The molecule has 138 valence electrons. The molecule has 4 nitrogen and oxygen atoms in total. The van der Waals surface area contributed by atoms with Gasteiger partial charge in [-0.3, -0.25) is 4.79 Å². The molecule has 0 aromatic rings. The van der Waals surface area contributed by atoms with Crippen LogP contribution in [-0.4, -0.2) is 35.6 Å². The molecule has 25 heavy (non-hydrogen) atoms. The lowest BCUT2D eigenvalue weighted by molar-refractivity contribution is -0.197. The molecule has 0 N–H and O–H groups in total. The predicted octanol–water partition coefficient (Wildman–Crippen LogP) is 3.76. The first-order valence-electron chi connectivity index (χ1n) is 10.1. The number of rotatable bonds is 3. The fourth-order valence-corrected chi connectivity index (χ4v) is 7.17. The Balaban J connectivity index is 1.61. The summed E-state index contributed by atoms with van der Waals surface area (Å²) in [5, 5.41) is 9.55. The monoisotopic (exact) mass is 344 g/mol. The molecule has 1 saturated heterocycles. The molecule has 4 bridgehead atoms. The minimum Gasteiger partial charge on any atom is -0.378 e. The summed E-state index contributed by atoms with van der Waals surface area (Å²) in [7, 11) is 1.86. The second kappa shape index (κ2) is 5.71. The fraction of sp³-hybridized carbons (Fsp3) is 0.905. The largest absolute Gasteiger partial charge is 0.378 e. The molecule has 1 heterocycles. The van der Waals surface area contributed by atoms with Gasteiger partial charge in [-0.05, 0) is 75.0 Å². The summed E-state index contributed by atoms with van der Waals surface area (Å²) in [6, 6.07) is 2.31. The molecule has 0 radical (unpaired) electrons. The molecular formula is C21H32N2O2. The van der Waals surface area contributed by atoms with Gasteiger partial charge in [-0.15, -0.1) is 0 Å². The lowest BCUT2D eigenvalue weighted by Crippen LogP contribution is -2.60. The number of amides is 1. The predicted molar refractivity (Wildman–Crippen MR) is 95.5 cm³/mol. The Hall–Kier alpha value is -1.08. The van der Waals surface area contributed by atoms with Crippen LogP contribution in [-0.2, 0) is 9.53 Å². The van der Waals surface area contributed by atoms with E-state index in [0.29, 0.717) is 5.92 Å². The number of hydrogen-bond acceptors (Lipinski definition) is 3. The van der Waals surface area contributed by atoms with Crippen molar-refractivity contribution < 1.29 is 9.53 Å². The van der Waals surface area contributed by atoms with Crippen LogP contribution in [0.15, 0.2) is 0 Å². The third kappa shape index (κ3) is 2.46. The van der Waals surface area contributed by atoms with Crippen LogP contribution in [0.5, 0.6) is 0 Å². The Kier molecular flexibility index (Phi) is 3.96. The van der Waals surface area contributed by atoms with E-state index in [2.05, 4.69) is 26.8 Å². The van der Waals surface area contributed by atoms with Gasteiger partial charge in [0.05, 0.1) is 11.7 Å². The maximum atomic E-state index is 13.5. The van der Waals surface area contributed by atoms with E-state index in [1.54, 1.807) is 0 Å². The summed E-state index contributed by atoms with van der Waals surface area (Å²) in [5.74, 6) is 2.06. The van der Waals surface area contributed by atoms with Crippen molar-refractivity contribution in [3.8, 4) is 6.07 Å². The van der Waals surface area contributed by atoms with Crippen LogP contribution in [0.25, 0.3) is 0 Å². The van der Waals surface area contributed by atoms with Gasteiger partial charge in [-0.2, -0.15) is 5.26 Å². The highest BCUT2D eigenvalue weighted by molar-refractivity contribution is 5.81. The highest BCUT2D eigenvalue weighted by atomic mass is 16.5. The molecule has 3 unspecified atom stereocenters. The van der Waals surface area contributed by atoms with Crippen LogP contribution in [0.1, 0.15) is 65.7 Å². The van der Waals surface area contributed by atoms with Crippen molar-refractivity contribution in [3.63, 3.8) is 0 Å². The van der Waals surface area contributed by atoms with Gasteiger partial charge < -0.3 is 9.64 Å². The molecule has 5 rings (SSSR count). The standard InChI is InChI=1S/C21H32N2O2/c1-13-5-18(11-22)23(15(13)3)19(24)14(2)20-7-16-6-17(8-20)10-21(9-16,12-20)25-4/h13-18H,5-10,12H2,1-4H3/t13-,14+,15?,16?,17?,18-,20?,21?/m0/s1. The van der Waals surface area contributed by atoms with E-state index in [1.807, 2.05) is 12.0 Å². The van der Waals surface area contributed by atoms with E-state index < -0.39 is 0 Å². The molecule has 1 amide bonds. The van der Waals surface area contributed by atoms with Gasteiger partial charge in [-0.1, -0.05) is 13.8 Å². The van der Waals surface area contributed by atoms with Gasteiger partial charge in [-0.25, -0.2) is 0 Å². The third-order valence-corrected chi connectivity index (χ3v) is 8.37. The Labute approximate surface area is 151 Å². The third-order valence-electron chi connectivity index (χ3n) is 8.37. The zero-order valence-electron chi connectivity index (χ0n) is 16.1. The maximum Gasteiger partial charge on any atom is 0.227 e.